The number of hydrogen-bond acceptors (Lipinski definition) is 5. The maximum atomic E-state index is 12.1. The van der Waals surface area contributed by atoms with Crippen LogP contribution in [0.4, 0.5) is 0 Å². The molecule has 4 heterocycles. The van der Waals surface area contributed by atoms with Crippen LogP contribution in [0, 0.1) is 18.8 Å². The number of carbonyl (C=O) groups excluding carboxylic acids is 1. The van der Waals surface area contributed by atoms with Crippen molar-refractivity contribution in [3.05, 3.63) is 44.3 Å². The highest BCUT2D eigenvalue weighted by molar-refractivity contribution is 7.10. The third kappa shape index (κ3) is 3.28. The van der Waals surface area contributed by atoms with Crippen molar-refractivity contribution in [2.45, 2.75) is 19.6 Å². The Morgan fingerprint density at radius 3 is 3.04 bits per heavy atom. The lowest BCUT2D eigenvalue weighted by Crippen LogP contribution is -2.34. The van der Waals surface area contributed by atoms with Gasteiger partial charge in [-0.25, -0.2) is 0 Å². The number of thiophene rings is 2. The van der Waals surface area contributed by atoms with Crippen molar-refractivity contribution >= 4 is 28.6 Å². The third-order valence-electron chi connectivity index (χ3n) is 5.16. The Hall–Kier alpha value is -1.21. The highest BCUT2D eigenvalue weighted by Crippen LogP contribution is 2.34. The van der Waals surface area contributed by atoms with E-state index in [-0.39, 0.29) is 5.91 Å². The van der Waals surface area contributed by atoms with E-state index in [1.165, 1.54) is 10.4 Å². The predicted molar refractivity (Wildman–Crippen MR) is 97.7 cm³/mol. The third-order valence-corrected chi connectivity index (χ3v) is 6.85. The van der Waals surface area contributed by atoms with Gasteiger partial charge in [0.2, 0.25) is 0 Å². The Morgan fingerprint density at radius 1 is 1.38 bits per heavy atom. The molecule has 1 amide bonds. The molecule has 3 atom stereocenters. The van der Waals surface area contributed by atoms with Gasteiger partial charge in [-0.2, -0.15) is 11.3 Å². The van der Waals surface area contributed by atoms with E-state index < -0.39 is 0 Å². The largest absolute Gasteiger partial charge is 0.376 e. The number of rotatable bonds is 5. The van der Waals surface area contributed by atoms with Gasteiger partial charge < -0.3 is 10.1 Å². The quantitative estimate of drug-likeness (QED) is 0.889. The summed E-state index contributed by atoms with van der Waals surface area (Å²) in [5.74, 6) is 0.990. The van der Waals surface area contributed by atoms with Gasteiger partial charge in [0.25, 0.3) is 5.91 Å². The first-order valence-electron chi connectivity index (χ1n) is 8.38. The zero-order valence-electron chi connectivity index (χ0n) is 13.7. The highest BCUT2D eigenvalue weighted by Gasteiger charge is 2.43. The molecule has 2 fully saturated rings. The monoisotopic (exact) mass is 362 g/mol. The summed E-state index contributed by atoms with van der Waals surface area (Å²) in [6.07, 6.45) is 0.327. The Kier molecular flexibility index (Phi) is 4.72. The Balaban J connectivity index is 1.31. The standard InChI is InChI=1S/C18H22N2O2S2/c1-12-2-5-24-17(12)9-20-7-15-14(10-22-16(15)8-20)6-19-18(21)13-3-4-23-11-13/h2-5,11,14-16H,6-10H2,1H3,(H,19,21)/t14-,15-,16-/m1/s1. The molecule has 2 aliphatic rings. The van der Waals surface area contributed by atoms with E-state index in [1.807, 2.05) is 28.2 Å². The molecule has 0 unspecified atom stereocenters. The van der Waals surface area contributed by atoms with Crippen molar-refractivity contribution < 1.29 is 9.53 Å². The molecule has 6 heteroatoms. The summed E-state index contributed by atoms with van der Waals surface area (Å²) in [4.78, 5) is 16.1. The molecule has 2 aromatic heterocycles. The maximum absolute atomic E-state index is 12.1. The summed E-state index contributed by atoms with van der Waals surface area (Å²) in [7, 11) is 0. The molecule has 0 spiro atoms. The van der Waals surface area contributed by atoms with Crippen LogP contribution in [0.3, 0.4) is 0 Å². The smallest absolute Gasteiger partial charge is 0.252 e. The molecule has 128 valence electrons. The van der Waals surface area contributed by atoms with Crippen LogP contribution in [0.2, 0.25) is 0 Å². The number of amides is 1. The van der Waals surface area contributed by atoms with Gasteiger partial charge in [-0.3, -0.25) is 9.69 Å². The van der Waals surface area contributed by atoms with Crippen LogP contribution in [0.1, 0.15) is 20.8 Å². The molecule has 4 rings (SSSR count). The molecule has 0 saturated carbocycles. The van der Waals surface area contributed by atoms with Crippen molar-refractivity contribution in [1.29, 1.82) is 0 Å². The van der Waals surface area contributed by atoms with Crippen molar-refractivity contribution in [2.24, 2.45) is 11.8 Å². The van der Waals surface area contributed by atoms with E-state index in [0.29, 0.717) is 24.5 Å². The lowest BCUT2D eigenvalue weighted by atomic mass is 9.93. The molecule has 1 N–H and O–H groups in total. The molecule has 2 aromatic rings. The average Bonchev–Trinajstić information content (AvgIpc) is 3.32. The molecule has 24 heavy (non-hydrogen) atoms. The second kappa shape index (κ2) is 6.96. The zero-order chi connectivity index (χ0) is 16.5. The lowest BCUT2D eigenvalue weighted by molar-refractivity contribution is 0.0904. The normalized spacial score (nSPS) is 26.6. The van der Waals surface area contributed by atoms with E-state index in [0.717, 1.165) is 31.8 Å². The second-order valence-corrected chi connectivity index (χ2v) is 8.52. The summed E-state index contributed by atoms with van der Waals surface area (Å²) in [6.45, 7) is 6.76. The number of hydrogen-bond donors (Lipinski definition) is 1. The van der Waals surface area contributed by atoms with Crippen LogP contribution < -0.4 is 5.32 Å². The fraction of sp³-hybridized carbons (Fsp3) is 0.500. The first-order valence-corrected chi connectivity index (χ1v) is 10.2. The predicted octanol–water partition coefficient (Wildman–Crippen LogP) is 2.99. The summed E-state index contributed by atoms with van der Waals surface area (Å²) in [6, 6.07) is 4.06. The molecule has 0 aromatic carbocycles. The number of fused-ring (bicyclic) bond motifs is 1. The van der Waals surface area contributed by atoms with Crippen LogP contribution in [0.25, 0.3) is 0 Å². The van der Waals surface area contributed by atoms with Crippen molar-refractivity contribution in [3.63, 3.8) is 0 Å². The van der Waals surface area contributed by atoms with E-state index in [2.05, 4.69) is 28.6 Å². The first kappa shape index (κ1) is 16.3. The van der Waals surface area contributed by atoms with Gasteiger partial charge in [0.15, 0.2) is 0 Å². The van der Waals surface area contributed by atoms with Crippen LogP contribution in [0.5, 0.6) is 0 Å². The molecule has 0 aliphatic carbocycles. The molecule has 2 aliphatic heterocycles. The topological polar surface area (TPSA) is 41.6 Å². The molecular weight excluding hydrogens is 340 g/mol. The van der Waals surface area contributed by atoms with Crippen LogP contribution in [-0.4, -0.2) is 43.2 Å². The molecule has 4 nitrogen and oxygen atoms in total. The van der Waals surface area contributed by atoms with E-state index >= 15 is 0 Å². The van der Waals surface area contributed by atoms with Gasteiger partial charge in [0.1, 0.15) is 0 Å². The van der Waals surface area contributed by atoms with Crippen molar-refractivity contribution in [1.82, 2.24) is 10.2 Å². The molecular formula is C18H22N2O2S2. The SMILES string of the molecule is Cc1ccsc1CN1C[C@@H]2[C@H](CNC(=O)c3ccsc3)CO[C@@H]2C1. The minimum atomic E-state index is 0.0313. The molecule has 0 bridgehead atoms. The van der Waals surface area contributed by atoms with Crippen LogP contribution >= 0.6 is 22.7 Å². The number of likely N-dealkylation sites (tertiary alicyclic amines) is 1. The van der Waals surface area contributed by atoms with Crippen molar-refractivity contribution in [2.75, 3.05) is 26.2 Å². The summed E-state index contributed by atoms with van der Waals surface area (Å²) in [5, 5.41) is 9.08. The minimum Gasteiger partial charge on any atom is -0.376 e. The minimum absolute atomic E-state index is 0.0313. The van der Waals surface area contributed by atoms with E-state index in [1.54, 1.807) is 11.3 Å². The first-order chi connectivity index (χ1) is 11.7. The number of ether oxygens (including phenoxy) is 1. The highest BCUT2D eigenvalue weighted by atomic mass is 32.1. The second-order valence-electron chi connectivity index (χ2n) is 6.74. The lowest BCUT2D eigenvalue weighted by Gasteiger charge is -2.19. The van der Waals surface area contributed by atoms with Crippen LogP contribution in [0.15, 0.2) is 28.3 Å². The average molecular weight is 363 g/mol. The van der Waals surface area contributed by atoms with E-state index in [4.69, 9.17) is 4.74 Å². The van der Waals surface area contributed by atoms with Gasteiger partial charge in [-0.05, 0) is 35.4 Å². The summed E-state index contributed by atoms with van der Waals surface area (Å²) < 4.78 is 6.00. The van der Waals surface area contributed by atoms with Gasteiger partial charge in [-0.15, -0.1) is 11.3 Å². The fourth-order valence-electron chi connectivity index (χ4n) is 3.71. The van der Waals surface area contributed by atoms with Crippen LogP contribution in [-0.2, 0) is 11.3 Å². The Labute approximate surface area is 150 Å². The van der Waals surface area contributed by atoms with E-state index in [9.17, 15) is 4.79 Å². The fourth-order valence-corrected chi connectivity index (χ4v) is 5.29. The van der Waals surface area contributed by atoms with Gasteiger partial charge in [0, 0.05) is 53.8 Å². The van der Waals surface area contributed by atoms with Gasteiger partial charge in [-0.1, -0.05) is 0 Å². The van der Waals surface area contributed by atoms with Gasteiger partial charge >= 0.3 is 0 Å². The number of aryl methyl sites for hydroxylation is 1. The summed E-state index contributed by atoms with van der Waals surface area (Å²) in [5.41, 5.74) is 2.15. The Bertz CT molecular complexity index is 698. The molecule has 2 saturated heterocycles. The van der Waals surface area contributed by atoms with Gasteiger partial charge in [0.05, 0.1) is 12.7 Å². The maximum Gasteiger partial charge on any atom is 0.252 e. The molecule has 0 radical (unpaired) electrons. The summed E-state index contributed by atoms with van der Waals surface area (Å²) >= 11 is 3.39. The zero-order valence-corrected chi connectivity index (χ0v) is 15.4. The number of nitrogens with one attached hydrogen (secondary N) is 1. The number of carbonyl (C=O) groups is 1. The number of nitrogens with zero attached hydrogens (tertiary/aromatic N) is 1. The Morgan fingerprint density at radius 2 is 2.29 bits per heavy atom. The van der Waals surface area contributed by atoms with Crippen molar-refractivity contribution in [3.8, 4) is 0 Å².